The highest BCUT2D eigenvalue weighted by Crippen LogP contribution is 2.68. The van der Waals surface area contributed by atoms with Gasteiger partial charge in [-0.15, -0.1) is 0 Å². The molecule has 1 aliphatic carbocycles. The number of halogens is 3. The van der Waals surface area contributed by atoms with Crippen molar-refractivity contribution < 1.29 is 23.1 Å². The number of methoxy groups -OCH3 is 1. The molecule has 1 aromatic heterocycles. The van der Waals surface area contributed by atoms with Crippen molar-refractivity contribution >= 4 is 34.4 Å². The highest BCUT2D eigenvalue weighted by Gasteiger charge is 2.83. The standard InChI is InChI=1S/C16H13ClF2N2O3/c1-24-14(23)12-15(6-16(15,18)19)7-21(12)13(22)10-5-20-11-4-8(17)2-3-9(10)11/h2-5,12,20H,6-7H2,1H3/t12-,15+/m0/s1. The second-order valence-electron chi connectivity index (χ2n) is 6.29. The first-order chi connectivity index (χ1) is 11.3. The molecule has 1 saturated heterocycles. The van der Waals surface area contributed by atoms with Crippen molar-refractivity contribution in [1.29, 1.82) is 0 Å². The first-order valence-electron chi connectivity index (χ1n) is 7.34. The molecule has 126 valence electrons. The number of hydrogen-bond donors (Lipinski definition) is 1. The summed E-state index contributed by atoms with van der Waals surface area (Å²) in [7, 11) is 1.13. The van der Waals surface area contributed by atoms with Crippen LogP contribution in [0.5, 0.6) is 0 Å². The van der Waals surface area contributed by atoms with Crippen molar-refractivity contribution in [3.63, 3.8) is 0 Å². The van der Waals surface area contributed by atoms with Crippen LogP contribution < -0.4 is 0 Å². The van der Waals surface area contributed by atoms with Gasteiger partial charge in [0, 0.05) is 35.1 Å². The van der Waals surface area contributed by atoms with Crippen LogP contribution in [-0.2, 0) is 9.53 Å². The summed E-state index contributed by atoms with van der Waals surface area (Å²) in [5, 5.41) is 1.13. The van der Waals surface area contributed by atoms with Crippen LogP contribution in [0, 0.1) is 5.41 Å². The summed E-state index contributed by atoms with van der Waals surface area (Å²) in [5.74, 6) is -4.22. The van der Waals surface area contributed by atoms with Crippen molar-refractivity contribution in [3.05, 3.63) is 35.0 Å². The van der Waals surface area contributed by atoms with E-state index in [0.29, 0.717) is 21.5 Å². The van der Waals surface area contributed by atoms with Crippen LogP contribution in [-0.4, -0.2) is 47.4 Å². The van der Waals surface area contributed by atoms with Crippen LogP contribution >= 0.6 is 11.6 Å². The molecular formula is C16H13ClF2N2O3. The van der Waals surface area contributed by atoms with Gasteiger partial charge in [0.15, 0.2) is 0 Å². The number of ether oxygens (including phenoxy) is 1. The maximum Gasteiger partial charge on any atom is 0.329 e. The molecule has 4 rings (SSSR count). The van der Waals surface area contributed by atoms with Gasteiger partial charge in [-0.1, -0.05) is 17.7 Å². The van der Waals surface area contributed by atoms with E-state index in [-0.39, 0.29) is 6.54 Å². The van der Waals surface area contributed by atoms with Gasteiger partial charge in [0.05, 0.1) is 18.1 Å². The second kappa shape index (κ2) is 4.69. The third-order valence-electron chi connectivity index (χ3n) is 4.99. The molecule has 2 atom stereocenters. The van der Waals surface area contributed by atoms with E-state index < -0.39 is 35.7 Å². The Morgan fingerprint density at radius 1 is 1.42 bits per heavy atom. The van der Waals surface area contributed by atoms with E-state index in [1.54, 1.807) is 18.2 Å². The Hall–Kier alpha value is -2.15. The molecule has 2 aromatic rings. The summed E-state index contributed by atoms with van der Waals surface area (Å²) >= 11 is 5.91. The maximum absolute atomic E-state index is 13.7. The molecule has 1 N–H and O–H groups in total. The number of nitrogens with zero attached hydrogens (tertiary/aromatic N) is 1. The van der Waals surface area contributed by atoms with Gasteiger partial charge in [-0.2, -0.15) is 0 Å². The van der Waals surface area contributed by atoms with Crippen LogP contribution in [0.15, 0.2) is 24.4 Å². The molecule has 0 unspecified atom stereocenters. The number of benzene rings is 1. The first kappa shape index (κ1) is 15.4. The van der Waals surface area contributed by atoms with E-state index in [1.165, 1.54) is 6.20 Å². The molecule has 2 fully saturated rings. The van der Waals surface area contributed by atoms with Crippen molar-refractivity contribution in [2.75, 3.05) is 13.7 Å². The van der Waals surface area contributed by atoms with Gasteiger partial charge in [0.25, 0.3) is 11.8 Å². The minimum atomic E-state index is -2.93. The number of nitrogens with one attached hydrogen (secondary N) is 1. The number of alkyl halides is 2. The quantitative estimate of drug-likeness (QED) is 0.843. The number of likely N-dealkylation sites (tertiary alicyclic amines) is 1. The number of hydrogen-bond acceptors (Lipinski definition) is 3. The molecule has 2 aliphatic rings. The van der Waals surface area contributed by atoms with Gasteiger partial charge in [-0.25, -0.2) is 13.6 Å². The van der Waals surface area contributed by atoms with Crippen LogP contribution in [0.3, 0.4) is 0 Å². The van der Waals surface area contributed by atoms with Crippen molar-refractivity contribution in [2.45, 2.75) is 18.4 Å². The van der Waals surface area contributed by atoms with E-state index in [1.807, 2.05) is 0 Å². The normalized spacial score (nSPS) is 27.2. The minimum absolute atomic E-state index is 0.154. The van der Waals surface area contributed by atoms with Crippen LogP contribution in [0.25, 0.3) is 10.9 Å². The maximum atomic E-state index is 13.7. The molecule has 1 amide bonds. The summed E-state index contributed by atoms with van der Waals surface area (Å²) in [6, 6.07) is 3.73. The lowest BCUT2D eigenvalue weighted by Gasteiger charge is -2.46. The second-order valence-corrected chi connectivity index (χ2v) is 6.72. The smallest absolute Gasteiger partial charge is 0.329 e. The molecule has 1 aliphatic heterocycles. The molecule has 1 aromatic carbocycles. The number of carbonyl (C=O) groups is 2. The Bertz CT molecular complexity index is 881. The molecule has 0 bridgehead atoms. The average Bonchev–Trinajstić information content (AvgIpc) is 2.89. The van der Waals surface area contributed by atoms with Crippen LogP contribution in [0.4, 0.5) is 8.78 Å². The summed E-state index contributed by atoms with van der Waals surface area (Å²) < 4.78 is 32.0. The highest BCUT2D eigenvalue weighted by atomic mass is 35.5. The van der Waals surface area contributed by atoms with Crippen molar-refractivity contribution in [1.82, 2.24) is 9.88 Å². The zero-order chi connectivity index (χ0) is 17.3. The number of fused-ring (bicyclic) bond motifs is 1. The number of carbonyl (C=O) groups excluding carboxylic acids is 2. The zero-order valence-electron chi connectivity index (χ0n) is 12.6. The van der Waals surface area contributed by atoms with E-state index in [9.17, 15) is 18.4 Å². The Morgan fingerprint density at radius 2 is 2.12 bits per heavy atom. The number of aromatic nitrogens is 1. The third kappa shape index (κ3) is 1.84. The van der Waals surface area contributed by atoms with Gasteiger partial charge in [-0.05, 0) is 12.1 Å². The van der Waals surface area contributed by atoms with Gasteiger partial charge in [0.2, 0.25) is 0 Å². The number of rotatable bonds is 2. The molecular weight excluding hydrogens is 342 g/mol. The SMILES string of the molecule is COC(=O)[C@@H]1N(C(=O)c2c[nH]c3cc(Cl)ccc23)C[C@]12CC2(F)F. The first-order valence-corrected chi connectivity index (χ1v) is 7.72. The summed E-state index contributed by atoms with van der Waals surface area (Å²) in [6.07, 6.45) is 1.10. The van der Waals surface area contributed by atoms with Crippen LogP contribution in [0.1, 0.15) is 16.8 Å². The third-order valence-corrected chi connectivity index (χ3v) is 5.22. The highest BCUT2D eigenvalue weighted by molar-refractivity contribution is 6.31. The molecule has 0 radical (unpaired) electrons. The van der Waals surface area contributed by atoms with E-state index in [4.69, 9.17) is 11.6 Å². The zero-order valence-corrected chi connectivity index (χ0v) is 13.4. The van der Waals surface area contributed by atoms with Crippen LogP contribution in [0.2, 0.25) is 5.02 Å². The number of H-pyrrole nitrogens is 1. The minimum Gasteiger partial charge on any atom is -0.467 e. The van der Waals surface area contributed by atoms with Gasteiger partial charge in [0.1, 0.15) is 6.04 Å². The summed E-state index contributed by atoms with van der Waals surface area (Å²) in [6.45, 7) is -0.154. The Balaban J connectivity index is 1.68. The van der Waals surface area contributed by atoms with E-state index >= 15 is 0 Å². The Kier molecular flexibility index (Phi) is 3.01. The fourth-order valence-corrected chi connectivity index (χ4v) is 3.74. The topological polar surface area (TPSA) is 62.4 Å². The molecule has 24 heavy (non-hydrogen) atoms. The number of esters is 1. The Morgan fingerprint density at radius 3 is 2.75 bits per heavy atom. The van der Waals surface area contributed by atoms with Crippen molar-refractivity contribution in [3.8, 4) is 0 Å². The predicted molar refractivity (Wildman–Crippen MR) is 82.1 cm³/mol. The molecule has 1 saturated carbocycles. The number of amides is 1. The molecule has 5 nitrogen and oxygen atoms in total. The fourth-order valence-electron chi connectivity index (χ4n) is 3.57. The lowest BCUT2D eigenvalue weighted by molar-refractivity contribution is -0.161. The largest absolute Gasteiger partial charge is 0.467 e. The van der Waals surface area contributed by atoms with Gasteiger partial charge < -0.3 is 14.6 Å². The predicted octanol–water partition coefficient (Wildman–Crippen LogP) is 2.84. The Labute approximate surface area is 140 Å². The van der Waals surface area contributed by atoms with E-state index in [2.05, 4.69) is 9.72 Å². The van der Waals surface area contributed by atoms with E-state index in [0.717, 1.165) is 12.0 Å². The molecule has 8 heteroatoms. The summed E-state index contributed by atoms with van der Waals surface area (Å²) in [5.41, 5.74) is -0.493. The lowest BCUT2D eigenvalue weighted by atomic mass is 9.83. The average molecular weight is 355 g/mol. The lowest BCUT2D eigenvalue weighted by Crippen LogP contribution is -2.66. The monoisotopic (exact) mass is 354 g/mol. The number of aromatic amines is 1. The van der Waals surface area contributed by atoms with Gasteiger partial charge >= 0.3 is 5.97 Å². The fraction of sp³-hybridized carbons (Fsp3) is 0.375. The summed E-state index contributed by atoms with van der Waals surface area (Å²) in [4.78, 5) is 28.8. The van der Waals surface area contributed by atoms with Crippen molar-refractivity contribution in [2.24, 2.45) is 5.41 Å². The molecule has 1 spiro atoms. The molecule has 2 heterocycles. The van der Waals surface area contributed by atoms with Gasteiger partial charge in [-0.3, -0.25) is 4.79 Å².